The molecule has 2 N–H and O–H groups in total. The molecule has 0 aliphatic heterocycles. The fraction of sp³-hybridized carbons (Fsp3) is 0.0938. The third kappa shape index (κ3) is 6.20. The lowest BCUT2D eigenvalue weighted by Gasteiger charge is -2.14. The fourth-order valence-electron chi connectivity index (χ4n) is 4.53. The number of methoxy groups -OCH3 is 3. The fourth-order valence-corrected chi connectivity index (χ4v) is 5.12. The number of hydrogen-bond acceptors (Lipinski definition) is 7. The van der Waals surface area contributed by atoms with Crippen LogP contribution in [0.25, 0.3) is 22.0 Å². The van der Waals surface area contributed by atoms with Crippen molar-refractivity contribution in [3.8, 4) is 34.1 Å². The van der Waals surface area contributed by atoms with Crippen molar-refractivity contribution in [3.63, 3.8) is 0 Å². The van der Waals surface area contributed by atoms with E-state index in [2.05, 4.69) is 31.4 Å². The number of esters is 1. The van der Waals surface area contributed by atoms with Gasteiger partial charge in [0.2, 0.25) is 5.75 Å². The molecule has 1 aromatic heterocycles. The molecule has 5 rings (SSSR count). The Kier molecular flexibility index (Phi) is 8.98. The van der Waals surface area contributed by atoms with Gasteiger partial charge in [-0.15, -0.1) is 0 Å². The van der Waals surface area contributed by atoms with Gasteiger partial charge in [0.1, 0.15) is 11.4 Å². The van der Waals surface area contributed by atoms with Crippen LogP contribution in [0, 0.1) is 0 Å². The van der Waals surface area contributed by atoms with Gasteiger partial charge in [-0.05, 0) is 48.5 Å². The summed E-state index contributed by atoms with van der Waals surface area (Å²) in [6.45, 7) is 0. The van der Waals surface area contributed by atoms with Crippen molar-refractivity contribution in [1.82, 2.24) is 10.4 Å². The highest BCUT2D eigenvalue weighted by atomic mass is 79.9. The average molecular weight is 663 g/mol. The van der Waals surface area contributed by atoms with E-state index in [0.29, 0.717) is 44.7 Å². The number of hydrogen-bond donors (Lipinski definition) is 2. The van der Waals surface area contributed by atoms with E-state index in [0.717, 1.165) is 15.4 Å². The Bertz CT molecular complexity index is 1840. The Morgan fingerprint density at radius 2 is 1.58 bits per heavy atom. The Morgan fingerprint density at radius 3 is 2.28 bits per heavy atom. The van der Waals surface area contributed by atoms with Crippen LogP contribution in [0.2, 0.25) is 5.02 Å². The number of benzene rings is 4. The molecule has 1 amide bonds. The van der Waals surface area contributed by atoms with E-state index in [1.54, 1.807) is 30.3 Å². The van der Waals surface area contributed by atoms with Crippen molar-refractivity contribution in [3.05, 3.63) is 105 Å². The van der Waals surface area contributed by atoms with Gasteiger partial charge >= 0.3 is 5.97 Å². The number of aromatic nitrogens is 1. The largest absolute Gasteiger partial charge is 0.493 e. The highest BCUT2D eigenvalue weighted by Gasteiger charge is 2.22. The SMILES string of the molecule is COc1cc(C(=O)Oc2ccccc2C=NNC(=O)c2[nH]c3ccc(Br)cc3c2-c2ccccc2Cl)cc(OC)c1OC. The van der Waals surface area contributed by atoms with Crippen LogP contribution in [0.5, 0.6) is 23.0 Å². The molecule has 0 radical (unpaired) electrons. The minimum absolute atomic E-state index is 0.187. The molecule has 0 atom stereocenters. The molecule has 0 aliphatic rings. The number of rotatable bonds is 9. The van der Waals surface area contributed by atoms with E-state index in [4.69, 9.17) is 30.5 Å². The minimum atomic E-state index is -0.655. The Morgan fingerprint density at radius 1 is 0.884 bits per heavy atom. The maximum Gasteiger partial charge on any atom is 0.343 e. The molecule has 43 heavy (non-hydrogen) atoms. The lowest BCUT2D eigenvalue weighted by molar-refractivity contribution is 0.0733. The van der Waals surface area contributed by atoms with E-state index in [1.807, 2.05) is 36.4 Å². The van der Waals surface area contributed by atoms with Gasteiger partial charge in [0.05, 0.1) is 33.1 Å². The molecule has 0 fully saturated rings. The standard InChI is InChI=1S/C32H25BrClN3O6/c1-40-26-14-19(15-27(41-2)30(26)42-3)32(39)43-25-11-7-4-8-18(25)17-35-37-31(38)29-28(21-9-5-6-10-23(21)34)22-16-20(33)12-13-24(22)36-29/h4-17,36H,1-3H3,(H,37,38). The molecule has 1 heterocycles. The second-order valence-corrected chi connectivity index (χ2v) is 10.4. The number of carbonyl (C=O) groups is 2. The third-order valence-electron chi connectivity index (χ3n) is 6.52. The number of carbonyl (C=O) groups excluding carboxylic acids is 2. The zero-order chi connectivity index (χ0) is 30.5. The highest BCUT2D eigenvalue weighted by molar-refractivity contribution is 9.10. The van der Waals surface area contributed by atoms with Crippen molar-refractivity contribution in [1.29, 1.82) is 0 Å². The molecular weight excluding hydrogens is 638 g/mol. The van der Waals surface area contributed by atoms with Gasteiger partial charge in [0.25, 0.3) is 5.91 Å². The molecule has 0 spiro atoms. The first-order chi connectivity index (χ1) is 20.8. The van der Waals surface area contributed by atoms with Gasteiger partial charge < -0.3 is 23.9 Å². The number of hydrazone groups is 1. The first-order valence-electron chi connectivity index (χ1n) is 12.8. The monoisotopic (exact) mass is 661 g/mol. The first-order valence-corrected chi connectivity index (χ1v) is 14.0. The van der Waals surface area contributed by atoms with Crippen LogP contribution < -0.4 is 24.4 Å². The van der Waals surface area contributed by atoms with Gasteiger partial charge in [0, 0.05) is 37.1 Å². The van der Waals surface area contributed by atoms with Crippen molar-refractivity contribution in [2.75, 3.05) is 21.3 Å². The van der Waals surface area contributed by atoms with Crippen LogP contribution in [0.1, 0.15) is 26.4 Å². The molecule has 0 aliphatic carbocycles. The molecule has 4 aromatic carbocycles. The summed E-state index contributed by atoms with van der Waals surface area (Å²) in [7, 11) is 4.39. The van der Waals surface area contributed by atoms with Crippen LogP contribution in [0.15, 0.2) is 88.4 Å². The van der Waals surface area contributed by atoms with Crippen molar-refractivity contribution < 1.29 is 28.5 Å². The summed E-state index contributed by atoms with van der Waals surface area (Å²) in [4.78, 5) is 29.6. The molecule has 11 heteroatoms. The second-order valence-electron chi connectivity index (χ2n) is 9.09. The van der Waals surface area contributed by atoms with Crippen LogP contribution >= 0.6 is 27.5 Å². The number of nitrogens with zero attached hydrogens (tertiary/aromatic N) is 1. The van der Waals surface area contributed by atoms with Gasteiger partial charge in [-0.2, -0.15) is 5.10 Å². The molecule has 0 unspecified atom stereocenters. The summed E-state index contributed by atoms with van der Waals surface area (Å²) < 4.78 is 22.5. The lowest BCUT2D eigenvalue weighted by atomic mass is 10.0. The highest BCUT2D eigenvalue weighted by Crippen LogP contribution is 2.39. The van der Waals surface area contributed by atoms with Gasteiger partial charge in [-0.25, -0.2) is 10.2 Å². The lowest BCUT2D eigenvalue weighted by Crippen LogP contribution is -2.19. The van der Waals surface area contributed by atoms with E-state index >= 15 is 0 Å². The Balaban J connectivity index is 1.40. The van der Waals surface area contributed by atoms with Gasteiger partial charge in [0.15, 0.2) is 11.5 Å². The number of aromatic amines is 1. The second kappa shape index (κ2) is 13.0. The molecule has 0 saturated heterocycles. The molecule has 5 aromatic rings. The number of halogens is 2. The number of para-hydroxylation sites is 1. The number of fused-ring (bicyclic) bond motifs is 1. The summed E-state index contributed by atoms with van der Waals surface area (Å²) in [5, 5.41) is 5.47. The predicted molar refractivity (Wildman–Crippen MR) is 169 cm³/mol. The Hall–Kier alpha value is -4.80. The molecule has 0 saturated carbocycles. The summed E-state index contributed by atoms with van der Waals surface area (Å²) >= 11 is 10.0. The topological polar surface area (TPSA) is 111 Å². The maximum absolute atomic E-state index is 13.4. The van der Waals surface area contributed by atoms with E-state index in [1.165, 1.54) is 39.7 Å². The van der Waals surface area contributed by atoms with Gasteiger partial charge in [-0.1, -0.05) is 57.9 Å². The molecular formula is C32H25BrClN3O6. The van der Waals surface area contributed by atoms with Crippen LogP contribution in [0.3, 0.4) is 0 Å². The summed E-state index contributed by atoms with van der Waals surface area (Å²) in [6.07, 6.45) is 1.39. The quantitative estimate of drug-likeness (QED) is 0.0744. The summed E-state index contributed by atoms with van der Waals surface area (Å²) in [5.74, 6) is 0.0680. The number of ether oxygens (including phenoxy) is 4. The predicted octanol–water partition coefficient (Wildman–Crippen LogP) is 7.26. The zero-order valence-electron chi connectivity index (χ0n) is 23.2. The van der Waals surface area contributed by atoms with Crippen LogP contribution in [0.4, 0.5) is 0 Å². The van der Waals surface area contributed by atoms with Crippen molar-refractivity contribution in [2.24, 2.45) is 5.10 Å². The third-order valence-corrected chi connectivity index (χ3v) is 7.35. The van der Waals surface area contributed by atoms with E-state index in [-0.39, 0.29) is 11.3 Å². The average Bonchev–Trinajstić information content (AvgIpc) is 3.39. The zero-order valence-corrected chi connectivity index (χ0v) is 25.6. The van der Waals surface area contributed by atoms with E-state index < -0.39 is 11.9 Å². The minimum Gasteiger partial charge on any atom is -0.493 e. The van der Waals surface area contributed by atoms with Crippen LogP contribution in [-0.4, -0.2) is 44.4 Å². The van der Waals surface area contributed by atoms with Gasteiger partial charge in [-0.3, -0.25) is 4.79 Å². The molecule has 0 bridgehead atoms. The maximum atomic E-state index is 13.4. The van der Waals surface area contributed by atoms with Crippen molar-refractivity contribution >= 4 is 56.5 Å². The number of H-pyrrole nitrogens is 1. The van der Waals surface area contributed by atoms with E-state index in [9.17, 15) is 9.59 Å². The Labute approximate surface area is 260 Å². The normalized spacial score (nSPS) is 11.0. The number of nitrogens with one attached hydrogen (secondary N) is 2. The number of amides is 1. The summed E-state index contributed by atoms with van der Waals surface area (Å²) in [5.41, 5.74) is 5.61. The molecule has 218 valence electrons. The first kappa shape index (κ1) is 29.7. The van der Waals surface area contributed by atoms with Crippen molar-refractivity contribution in [2.45, 2.75) is 0 Å². The summed E-state index contributed by atoms with van der Waals surface area (Å²) in [6, 6.07) is 22.7. The smallest absolute Gasteiger partial charge is 0.343 e. The van der Waals surface area contributed by atoms with Crippen LogP contribution in [-0.2, 0) is 0 Å². The molecule has 9 nitrogen and oxygen atoms in total.